The van der Waals surface area contributed by atoms with Gasteiger partial charge in [0.1, 0.15) is 5.69 Å². The Hall–Kier alpha value is -1.99. The Balaban J connectivity index is 2.24. The molecular weight excluding hydrogens is 350 g/mol. The summed E-state index contributed by atoms with van der Waals surface area (Å²) in [5.74, 6) is -0.496. The van der Waals surface area contributed by atoms with Crippen LogP contribution in [0.25, 0.3) is 0 Å². The Bertz CT molecular complexity index is 693. The van der Waals surface area contributed by atoms with Gasteiger partial charge in [-0.05, 0) is 40.2 Å². The third-order valence-electron chi connectivity index (χ3n) is 2.36. The van der Waals surface area contributed by atoms with Crippen LogP contribution >= 0.6 is 27.5 Å². The van der Waals surface area contributed by atoms with E-state index in [1.807, 2.05) is 0 Å². The number of hydrogen-bond acceptors (Lipinski definition) is 4. The molecule has 0 aliphatic rings. The van der Waals surface area contributed by atoms with Crippen LogP contribution in [0, 0.1) is 10.1 Å². The van der Waals surface area contributed by atoms with Crippen molar-refractivity contribution >= 4 is 44.8 Å². The number of nitrogens with zero attached hydrogens (tertiary/aromatic N) is 2. The zero-order valence-electron chi connectivity index (χ0n) is 9.84. The number of amides is 1. The number of rotatable bonds is 3. The van der Waals surface area contributed by atoms with Gasteiger partial charge in [0.15, 0.2) is 0 Å². The highest BCUT2D eigenvalue weighted by molar-refractivity contribution is 9.10. The van der Waals surface area contributed by atoms with E-state index in [4.69, 9.17) is 11.6 Å². The second-order valence-corrected chi connectivity index (χ2v) is 5.03. The molecule has 2 rings (SSSR count). The third-order valence-corrected chi connectivity index (χ3v) is 3.26. The zero-order valence-corrected chi connectivity index (χ0v) is 12.2. The maximum absolute atomic E-state index is 11.9. The van der Waals surface area contributed by atoms with Gasteiger partial charge in [0, 0.05) is 23.0 Å². The van der Waals surface area contributed by atoms with Crippen molar-refractivity contribution < 1.29 is 9.72 Å². The van der Waals surface area contributed by atoms with Gasteiger partial charge in [-0.25, -0.2) is 0 Å². The van der Waals surface area contributed by atoms with E-state index >= 15 is 0 Å². The Labute approximate surface area is 127 Å². The number of carbonyl (C=O) groups is 1. The molecule has 0 unspecified atom stereocenters. The molecule has 1 aromatic carbocycles. The van der Waals surface area contributed by atoms with Crippen LogP contribution in [0.4, 0.5) is 11.4 Å². The summed E-state index contributed by atoms with van der Waals surface area (Å²) < 4.78 is 0.335. The Kier molecular flexibility index (Phi) is 4.31. The van der Waals surface area contributed by atoms with Crippen LogP contribution < -0.4 is 5.32 Å². The molecule has 1 amide bonds. The van der Waals surface area contributed by atoms with Crippen molar-refractivity contribution in [2.45, 2.75) is 0 Å². The number of halogens is 2. The summed E-state index contributed by atoms with van der Waals surface area (Å²) in [5.41, 5.74) is 0.289. The number of benzene rings is 1. The number of nitro benzene ring substituents is 1. The fourth-order valence-corrected chi connectivity index (χ4v) is 2.01. The molecule has 102 valence electrons. The summed E-state index contributed by atoms with van der Waals surface area (Å²) >= 11 is 8.83. The van der Waals surface area contributed by atoms with Gasteiger partial charge >= 0.3 is 0 Å². The largest absolute Gasteiger partial charge is 0.320 e. The van der Waals surface area contributed by atoms with E-state index in [9.17, 15) is 14.9 Å². The zero-order chi connectivity index (χ0) is 14.7. The molecule has 1 aromatic heterocycles. The van der Waals surface area contributed by atoms with Gasteiger partial charge in [0.2, 0.25) is 0 Å². The van der Waals surface area contributed by atoms with Crippen LogP contribution in [0.2, 0.25) is 5.02 Å². The predicted molar refractivity (Wildman–Crippen MR) is 78.0 cm³/mol. The van der Waals surface area contributed by atoms with Gasteiger partial charge in [-0.15, -0.1) is 0 Å². The Morgan fingerprint density at radius 3 is 2.75 bits per heavy atom. The van der Waals surface area contributed by atoms with Crippen molar-refractivity contribution in [2.24, 2.45) is 0 Å². The standard InChI is InChI=1S/C12H7BrClN3O3/c13-9-2-1-8(6-11(9)17(19)20)16-12(18)10-5-7(14)3-4-15-10/h1-6H,(H,16,18). The van der Waals surface area contributed by atoms with Crippen molar-refractivity contribution in [3.05, 3.63) is 61.8 Å². The van der Waals surface area contributed by atoms with Gasteiger partial charge in [0.25, 0.3) is 11.6 Å². The molecule has 0 bridgehead atoms. The van der Waals surface area contributed by atoms with Crippen LogP contribution in [-0.4, -0.2) is 15.8 Å². The number of anilines is 1. The van der Waals surface area contributed by atoms with Gasteiger partial charge < -0.3 is 5.32 Å². The molecule has 0 saturated heterocycles. The molecule has 0 atom stereocenters. The highest BCUT2D eigenvalue weighted by Gasteiger charge is 2.14. The van der Waals surface area contributed by atoms with Crippen molar-refractivity contribution in [3.8, 4) is 0 Å². The molecule has 1 N–H and O–H groups in total. The minimum absolute atomic E-state index is 0.128. The second-order valence-electron chi connectivity index (χ2n) is 3.74. The Morgan fingerprint density at radius 1 is 1.35 bits per heavy atom. The lowest BCUT2D eigenvalue weighted by Gasteiger charge is -2.05. The lowest BCUT2D eigenvalue weighted by molar-refractivity contribution is -0.385. The number of aromatic nitrogens is 1. The lowest BCUT2D eigenvalue weighted by atomic mass is 10.2. The van der Waals surface area contributed by atoms with Crippen LogP contribution in [-0.2, 0) is 0 Å². The van der Waals surface area contributed by atoms with Crippen molar-refractivity contribution in [3.63, 3.8) is 0 Å². The van der Waals surface area contributed by atoms with Gasteiger partial charge in [-0.1, -0.05) is 11.6 Å². The molecular formula is C12H7BrClN3O3. The fraction of sp³-hybridized carbons (Fsp3) is 0. The number of hydrogen-bond donors (Lipinski definition) is 1. The minimum Gasteiger partial charge on any atom is -0.320 e. The van der Waals surface area contributed by atoms with Gasteiger partial charge in [-0.3, -0.25) is 19.9 Å². The summed E-state index contributed by atoms with van der Waals surface area (Å²) in [5, 5.41) is 13.7. The highest BCUT2D eigenvalue weighted by Crippen LogP contribution is 2.28. The number of carbonyl (C=O) groups excluding carboxylic acids is 1. The summed E-state index contributed by atoms with van der Waals surface area (Å²) in [6.45, 7) is 0. The van der Waals surface area contributed by atoms with Crippen LogP contribution in [0.3, 0.4) is 0 Å². The first-order chi connectivity index (χ1) is 9.47. The van der Waals surface area contributed by atoms with E-state index < -0.39 is 10.8 Å². The minimum atomic E-state index is -0.544. The molecule has 0 saturated carbocycles. The average Bonchev–Trinajstić information content (AvgIpc) is 2.40. The van der Waals surface area contributed by atoms with Crippen molar-refractivity contribution in [1.29, 1.82) is 0 Å². The Morgan fingerprint density at radius 2 is 2.10 bits per heavy atom. The first-order valence-corrected chi connectivity index (χ1v) is 6.51. The monoisotopic (exact) mass is 355 g/mol. The first kappa shape index (κ1) is 14.4. The van der Waals surface area contributed by atoms with Crippen LogP contribution in [0.5, 0.6) is 0 Å². The maximum atomic E-state index is 11.9. The summed E-state index contributed by atoms with van der Waals surface area (Å²) in [6, 6.07) is 7.23. The number of nitro groups is 1. The lowest BCUT2D eigenvalue weighted by Crippen LogP contribution is -2.13. The number of nitrogens with one attached hydrogen (secondary N) is 1. The predicted octanol–water partition coefficient (Wildman–Crippen LogP) is 3.66. The smallest absolute Gasteiger partial charge is 0.285 e. The molecule has 0 aliphatic heterocycles. The normalized spacial score (nSPS) is 10.1. The second kappa shape index (κ2) is 5.98. The summed E-state index contributed by atoms with van der Waals surface area (Å²) in [7, 11) is 0. The fourth-order valence-electron chi connectivity index (χ4n) is 1.45. The van der Waals surface area contributed by atoms with E-state index in [1.54, 1.807) is 12.1 Å². The highest BCUT2D eigenvalue weighted by atomic mass is 79.9. The van der Waals surface area contributed by atoms with E-state index in [1.165, 1.54) is 24.4 Å². The molecule has 0 radical (unpaired) electrons. The van der Waals surface area contributed by atoms with Crippen molar-refractivity contribution in [1.82, 2.24) is 4.98 Å². The summed E-state index contributed by atoms with van der Waals surface area (Å²) in [4.78, 5) is 26.1. The third kappa shape index (κ3) is 3.31. The van der Waals surface area contributed by atoms with Crippen LogP contribution in [0.1, 0.15) is 10.5 Å². The molecule has 1 heterocycles. The van der Waals surface area contributed by atoms with Crippen molar-refractivity contribution in [2.75, 3.05) is 5.32 Å². The SMILES string of the molecule is O=C(Nc1ccc(Br)c([N+](=O)[O-])c1)c1cc(Cl)ccn1. The molecule has 0 spiro atoms. The van der Waals surface area contributed by atoms with Crippen LogP contribution in [0.15, 0.2) is 41.0 Å². The molecule has 6 nitrogen and oxygen atoms in total. The van der Waals surface area contributed by atoms with E-state index in [0.717, 1.165) is 0 Å². The van der Waals surface area contributed by atoms with Gasteiger partial charge in [0.05, 0.1) is 9.40 Å². The maximum Gasteiger partial charge on any atom is 0.285 e. The molecule has 8 heteroatoms. The van der Waals surface area contributed by atoms with E-state index in [0.29, 0.717) is 15.2 Å². The quantitative estimate of drug-likeness (QED) is 0.672. The first-order valence-electron chi connectivity index (χ1n) is 5.34. The molecule has 0 aliphatic carbocycles. The number of pyridine rings is 1. The molecule has 20 heavy (non-hydrogen) atoms. The van der Waals surface area contributed by atoms with E-state index in [2.05, 4.69) is 26.2 Å². The van der Waals surface area contributed by atoms with E-state index in [-0.39, 0.29) is 11.4 Å². The summed E-state index contributed by atoms with van der Waals surface area (Å²) in [6.07, 6.45) is 1.40. The molecule has 2 aromatic rings. The topological polar surface area (TPSA) is 85.1 Å². The van der Waals surface area contributed by atoms with Gasteiger partial charge in [-0.2, -0.15) is 0 Å². The molecule has 0 fully saturated rings. The average molecular weight is 357 g/mol.